The molecule has 0 saturated heterocycles. The number of nitrogens with one attached hydrogen (secondary N) is 2. The molecule has 0 saturated carbocycles. The summed E-state index contributed by atoms with van der Waals surface area (Å²) in [7, 11) is 0. The largest absolute Gasteiger partial charge is 0.405 e. The van der Waals surface area contributed by atoms with Crippen molar-refractivity contribution in [2.75, 3.05) is 18.4 Å². The topological polar surface area (TPSA) is 66.9 Å². The molecule has 0 radical (unpaired) electrons. The van der Waals surface area contributed by atoms with Crippen molar-refractivity contribution in [3.8, 4) is 0 Å². The van der Waals surface area contributed by atoms with Gasteiger partial charge in [-0.1, -0.05) is 0 Å². The van der Waals surface area contributed by atoms with Gasteiger partial charge >= 0.3 is 6.18 Å². The van der Waals surface area contributed by atoms with E-state index in [-0.39, 0.29) is 5.69 Å². The minimum atomic E-state index is -4.44. The smallest absolute Gasteiger partial charge is 0.369 e. The second-order valence-electron chi connectivity index (χ2n) is 3.13. The standard InChI is InChI=1S/C9H11F3N4O/c1-2-13-7-4-3-6(15-16-7)8(17)14-5-9(10,11)12/h3-4H,2,5H2,1H3,(H,13,16)(H,14,17). The predicted octanol–water partition coefficient (Wildman–Crippen LogP) is 1.20. The summed E-state index contributed by atoms with van der Waals surface area (Å²) in [6.45, 7) is 1.10. The first-order valence-corrected chi connectivity index (χ1v) is 4.85. The van der Waals surface area contributed by atoms with E-state index in [2.05, 4.69) is 15.5 Å². The fourth-order valence-electron chi connectivity index (χ4n) is 1.000. The molecule has 17 heavy (non-hydrogen) atoms. The first-order chi connectivity index (χ1) is 7.92. The number of rotatable bonds is 4. The Balaban J connectivity index is 2.57. The molecule has 94 valence electrons. The number of halogens is 3. The molecular formula is C9H11F3N4O. The quantitative estimate of drug-likeness (QED) is 0.840. The lowest BCUT2D eigenvalue weighted by Crippen LogP contribution is -2.34. The Hall–Kier alpha value is -1.86. The SMILES string of the molecule is CCNc1ccc(C(=O)NCC(F)(F)F)nn1. The van der Waals surface area contributed by atoms with Gasteiger partial charge in [0.05, 0.1) is 0 Å². The van der Waals surface area contributed by atoms with E-state index in [0.29, 0.717) is 12.4 Å². The van der Waals surface area contributed by atoms with E-state index in [1.54, 1.807) is 5.32 Å². The lowest BCUT2D eigenvalue weighted by atomic mass is 10.3. The Kier molecular flexibility index (Phi) is 4.24. The first-order valence-electron chi connectivity index (χ1n) is 4.85. The molecule has 0 unspecified atom stereocenters. The van der Waals surface area contributed by atoms with Crippen molar-refractivity contribution in [1.82, 2.24) is 15.5 Å². The van der Waals surface area contributed by atoms with E-state index in [1.165, 1.54) is 12.1 Å². The molecule has 1 amide bonds. The molecule has 0 aliphatic rings. The lowest BCUT2D eigenvalue weighted by Gasteiger charge is -2.07. The first kappa shape index (κ1) is 13.2. The monoisotopic (exact) mass is 248 g/mol. The third-order valence-electron chi connectivity index (χ3n) is 1.70. The van der Waals surface area contributed by atoms with Crippen molar-refractivity contribution in [2.24, 2.45) is 0 Å². The van der Waals surface area contributed by atoms with Crippen molar-refractivity contribution >= 4 is 11.7 Å². The van der Waals surface area contributed by atoms with Crippen molar-refractivity contribution in [1.29, 1.82) is 0 Å². The highest BCUT2D eigenvalue weighted by Gasteiger charge is 2.28. The van der Waals surface area contributed by atoms with Gasteiger partial charge in [0.2, 0.25) is 0 Å². The molecule has 0 aliphatic carbocycles. The summed E-state index contributed by atoms with van der Waals surface area (Å²) in [6, 6.07) is 2.77. The minimum absolute atomic E-state index is 0.157. The summed E-state index contributed by atoms with van der Waals surface area (Å²) in [6.07, 6.45) is -4.44. The Morgan fingerprint density at radius 3 is 2.53 bits per heavy atom. The van der Waals surface area contributed by atoms with E-state index >= 15 is 0 Å². The van der Waals surface area contributed by atoms with E-state index in [0.717, 1.165) is 0 Å². The summed E-state index contributed by atoms with van der Waals surface area (Å²) >= 11 is 0. The van der Waals surface area contributed by atoms with E-state index < -0.39 is 18.6 Å². The third-order valence-corrected chi connectivity index (χ3v) is 1.70. The van der Waals surface area contributed by atoms with E-state index in [1.807, 2.05) is 6.92 Å². The maximum Gasteiger partial charge on any atom is 0.405 e. The molecule has 1 aromatic heterocycles. The fraction of sp³-hybridized carbons (Fsp3) is 0.444. The average molecular weight is 248 g/mol. The third kappa shape index (κ3) is 4.66. The Labute approximate surface area is 95.4 Å². The van der Waals surface area contributed by atoms with Crippen LogP contribution in [-0.4, -0.2) is 35.4 Å². The molecule has 2 N–H and O–H groups in total. The highest BCUT2D eigenvalue weighted by Crippen LogP contribution is 2.12. The summed E-state index contributed by atoms with van der Waals surface area (Å²) in [5, 5.41) is 11.7. The number of carbonyl (C=O) groups excluding carboxylic acids is 1. The normalized spacial score (nSPS) is 11.1. The number of hydrogen-bond donors (Lipinski definition) is 2. The number of anilines is 1. The van der Waals surface area contributed by atoms with Gasteiger partial charge in [0.25, 0.3) is 5.91 Å². The summed E-state index contributed by atoms with van der Waals surface area (Å²) in [4.78, 5) is 11.2. The van der Waals surface area contributed by atoms with Crippen LogP contribution in [0.5, 0.6) is 0 Å². The molecule has 0 aliphatic heterocycles. The molecule has 1 heterocycles. The second-order valence-corrected chi connectivity index (χ2v) is 3.13. The van der Waals surface area contributed by atoms with Crippen LogP contribution in [0.3, 0.4) is 0 Å². The Bertz CT molecular complexity index is 377. The molecule has 0 bridgehead atoms. The van der Waals surface area contributed by atoms with Crippen LogP contribution in [0.15, 0.2) is 12.1 Å². The van der Waals surface area contributed by atoms with Gasteiger partial charge in [-0.2, -0.15) is 13.2 Å². The maximum atomic E-state index is 11.8. The van der Waals surface area contributed by atoms with E-state index in [9.17, 15) is 18.0 Å². The summed E-state index contributed by atoms with van der Waals surface area (Å²) < 4.78 is 35.5. The van der Waals surface area contributed by atoms with Crippen molar-refractivity contribution in [2.45, 2.75) is 13.1 Å². The number of hydrogen-bond acceptors (Lipinski definition) is 4. The predicted molar refractivity (Wildman–Crippen MR) is 54.6 cm³/mol. The van der Waals surface area contributed by atoms with Crippen LogP contribution >= 0.6 is 0 Å². The van der Waals surface area contributed by atoms with Gasteiger partial charge in [-0.3, -0.25) is 4.79 Å². The van der Waals surface area contributed by atoms with Gasteiger partial charge in [-0.25, -0.2) is 0 Å². The van der Waals surface area contributed by atoms with Crippen LogP contribution < -0.4 is 10.6 Å². The number of carbonyl (C=O) groups is 1. The molecule has 1 rings (SSSR count). The molecule has 0 atom stereocenters. The van der Waals surface area contributed by atoms with Crippen molar-refractivity contribution in [3.05, 3.63) is 17.8 Å². The average Bonchev–Trinajstić information content (AvgIpc) is 2.26. The van der Waals surface area contributed by atoms with Crippen molar-refractivity contribution < 1.29 is 18.0 Å². The van der Waals surface area contributed by atoms with Gasteiger partial charge < -0.3 is 10.6 Å². The number of alkyl halides is 3. The Morgan fingerprint density at radius 1 is 1.35 bits per heavy atom. The zero-order valence-corrected chi connectivity index (χ0v) is 9.01. The lowest BCUT2D eigenvalue weighted by molar-refractivity contribution is -0.123. The van der Waals surface area contributed by atoms with Crippen molar-refractivity contribution in [3.63, 3.8) is 0 Å². The molecule has 0 aromatic carbocycles. The summed E-state index contributed by atoms with van der Waals surface area (Å²) in [5.74, 6) is -0.447. The molecule has 8 heteroatoms. The molecule has 5 nitrogen and oxygen atoms in total. The number of nitrogens with zero attached hydrogens (tertiary/aromatic N) is 2. The molecular weight excluding hydrogens is 237 g/mol. The highest BCUT2D eigenvalue weighted by atomic mass is 19.4. The van der Waals surface area contributed by atoms with Gasteiger partial charge in [0, 0.05) is 6.54 Å². The number of aromatic nitrogens is 2. The zero-order chi connectivity index (χ0) is 12.9. The van der Waals surface area contributed by atoms with Crippen LogP contribution in [0.4, 0.5) is 19.0 Å². The summed E-state index contributed by atoms with van der Waals surface area (Å²) in [5.41, 5.74) is -0.157. The molecule has 0 fully saturated rings. The Morgan fingerprint density at radius 2 is 2.06 bits per heavy atom. The van der Waals surface area contributed by atoms with Gasteiger partial charge in [0.15, 0.2) is 5.69 Å². The maximum absolute atomic E-state index is 11.8. The second kappa shape index (κ2) is 5.46. The molecule has 1 aromatic rings. The van der Waals surface area contributed by atoms with Crippen LogP contribution in [0.1, 0.15) is 17.4 Å². The van der Waals surface area contributed by atoms with Crippen LogP contribution in [0, 0.1) is 0 Å². The molecule has 0 spiro atoms. The fourth-order valence-corrected chi connectivity index (χ4v) is 1.000. The van der Waals surface area contributed by atoms with Crippen LogP contribution in [-0.2, 0) is 0 Å². The number of amides is 1. The van der Waals surface area contributed by atoms with Crippen LogP contribution in [0.2, 0.25) is 0 Å². The zero-order valence-electron chi connectivity index (χ0n) is 9.01. The van der Waals surface area contributed by atoms with Gasteiger partial charge in [-0.15, -0.1) is 10.2 Å². The van der Waals surface area contributed by atoms with E-state index in [4.69, 9.17) is 0 Å². The minimum Gasteiger partial charge on any atom is -0.369 e. The van der Waals surface area contributed by atoms with Gasteiger partial charge in [-0.05, 0) is 19.1 Å². The van der Waals surface area contributed by atoms with Gasteiger partial charge in [0.1, 0.15) is 12.4 Å². The highest BCUT2D eigenvalue weighted by molar-refractivity contribution is 5.92. The van der Waals surface area contributed by atoms with Crippen LogP contribution in [0.25, 0.3) is 0 Å².